The van der Waals surface area contributed by atoms with E-state index in [2.05, 4.69) is 36.5 Å². The first kappa shape index (κ1) is 20.9. The van der Waals surface area contributed by atoms with Crippen molar-refractivity contribution < 1.29 is 9.90 Å². The molecular weight excluding hydrogens is 384 g/mol. The van der Waals surface area contributed by atoms with Gasteiger partial charge in [-0.05, 0) is 37.0 Å². The monoisotopic (exact) mass is 412 g/mol. The quantitative estimate of drug-likeness (QED) is 0.382. The molecule has 0 spiro atoms. The predicted octanol–water partition coefficient (Wildman–Crippen LogP) is 5.50. The summed E-state index contributed by atoms with van der Waals surface area (Å²) < 4.78 is 1.93. The fraction of sp³-hybridized carbons (Fsp3) is 0.222. The lowest BCUT2D eigenvalue weighted by atomic mass is 10.1. The molecule has 0 aliphatic heterocycles. The summed E-state index contributed by atoms with van der Waals surface area (Å²) in [5.74, 6) is -0.888. The summed E-state index contributed by atoms with van der Waals surface area (Å²) >= 11 is 0. The summed E-state index contributed by atoms with van der Waals surface area (Å²) in [7, 11) is 0. The molecule has 0 bridgehead atoms. The first-order chi connectivity index (χ1) is 15.1. The molecule has 4 nitrogen and oxygen atoms in total. The third kappa shape index (κ3) is 4.86. The summed E-state index contributed by atoms with van der Waals surface area (Å²) in [6, 6.07) is 28.7. The zero-order valence-corrected chi connectivity index (χ0v) is 17.8. The Balaban J connectivity index is 1.58. The second kappa shape index (κ2) is 9.63. The molecule has 158 valence electrons. The van der Waals surface area contributed by atoms with Crippen molar-refractivity contribution in [2.45, 2.75) is 38.9 Å². The number of nitrogens with zero attached hydrogens (tertiary/aromatic N) is 1. The fourth-order valence-electron chi connectivity index (χ4n) is 4.14. The molecule has 0 amide bonds. The number of para-hydroxylation sites is 1. The maximum absolute atomic E-state index is 12.3. The Morgan fingerprint density at radius 1 is 0.903 bits per heavy atom. The molecule has 0 fully saturated rings. The van der Waals surface area contributed by atoms with Crippen LogP contribution in [-0.4, -0.2) is 21.7 Å². The van der Waals surface area contributed by atoms with Crippen LogP contribution in [0.2, 0.25) is 0 Å². The number of hydrogen-bond donors (Lipinski definition) is 2. The molecule has 2 N–H and O–H groups in total. The van der Waals surface area contributed by atoms with Gasteiger partial charge in [0.25, 0.3) is 0 Å². The predicted molar refractivity (Wildman–Crippen MR) is 126 cm³/mol. The van der Waals surface area contributed by atoms with Crippen LogP contribution >= 0.6 is 0 Å². The van der Waals surface area contributed by atoms with Gasteiger partial charge in [0.15, 0.2) is 0 Å². The van der Waals surface area contributed by atoms with Crippen molar-refractivity contribution in [2.24, 2.45) is 0 Å². The number of fused-ring (bicyclic) bond motifs is 1. The Labute approximate surface area is 183 Å². The Morgan fingerprint density at radius 2 is 1.52 bits per heavy atom. The Bertz CT molecular complexity index is 1150. The summed E-state index contributed by atoms with van der Waals surface area (Å²) in [5, 5.41) is 14.7. The topological polar surface area (TPSA) is 54.3 Å². The molecular formula is C27H28N2O2. The van der Waals surface area contributed by atoms with E-state index in [1.54, 1.807) is 0 Å². The third-order valence-corrected chi connectivity index (χ3v) is 5.80. The molecule has 0 aliphatic carbocycles. The average molecular weight is 413 g/mol. The minimum Gasteiger partial charge on any atom is -0.477 e. The van der Waals surface area contributed by atoms with Crippen molar-refractivity contribution in [1.29, 1.82) is 0 Å². The normalized spacial score (nSPS) is 12.2. The Morgan fingerprint density at radius 3 is 2.19 bits per heavy atom. The molecule has 0 saturated heterocycles. The average Bonchev–Trinajstić information content (AvgIpc) is 3.11. The number of aromatic nitrogens is 1. The van der Waals surface area contributed by atoms with Crippen LogP contribution in [0, 0.1) is 0 Å². The van der Waals surface area contributed by atoms with E-state index in [-0.39, 0.29) is 6.04 Å². The summed E-state index contributed by atoms with van der Waals surface area (Å²) in [5.41, 5.74) is 4.58. The number of hydrogen-bond acceptors (Lipinski definition) is 2. The van der Waals surface area contributed by atoms with Crippen LogP contribution in [0.3, 0.4) is 0 Å². The van der Waals surface area contributed by atoms with E-state index in [9.17, 15) is 9.90 Å². The van der Waals surface area contributed by atoms with Gasteiger partial charge in [-0.15, -0.1) is 0 Å². The van der Waals surface area contributed by atoms with Crippen LogP contribution in [-0.2, 0) is 19.5 Å². The van der Waals surface area contributed by atoms with Crippen molar-refractivity contribution in [3.8, 4) is 0 Å². The highest BCUT2D eigenvalue weighted by Crippen LogP contribution is 2.28. The van der Waals surface area contributed by atoms with Crippen LogP contribution in [0.4, 0.5) is 0 Å². The van der Waals surface area contributed by atoms with Crippen molar-refractivity contribution >= 4 is 16.9 Å². The van der Waals surface area contributed by atoms with Gasteiger partial charge in [0, 0.05) is 35.6 Å². The molecule has 1 aromatic heterocycles. The van der Waals surface area contributed by atoms with Gasteiger partial charge in [-0.25, -0.2) is 4.79 Å². The van der Waals surface area contributed by atoms with Gasteiger partial charge in [0.2, 0.25) is 0 Å². The molecule has 0 saturated carbocycles. The molecule has 3 aromatic carbocycles. The van der Waals surface area contributed by atoms with Crippen molar-refractivity contribution in [1.82, 2.24) is 9.88 Å². The lowest BCUT2D eigenvalue weighted by Crippen LogP contribution is -2.27. The van der Waals surface area contributed by atoms with Crippen LogP contribution in [0.5, 0.6) is 0 Å². The smallest absolute Gasteiger partial charge is 0.352 e. The lowest BCUT2D eigenvalue weighted by molar-refractivity contribution is 0.0684. The largest absolute Gasteiger partial charge is 0.477 e. The molecule has 4 aromatic rings. The summed E-state index contributed by atoms with van der Waals surface area (Å²) in [6.45, 7) is 3.22. The number of aromatic carboxylic acids is 1. The SMILES string of the molecule is C[C@H](CCc1ccccc1)NCc1c(C(=O)O)n(Cc2ccccc2)c2ccccc12. The van der Waals surface area contributed by atoms with E-state index in [1.807, 2.05) is 65.2 Å². The number of nitrogens with one attached hydrogen (secondary N) is 1. The third-order valence-electron chi connectivity index (χ3n) is 5.80. The zero-order chi connectivity index (χ0) is 21.6. The number of carbonyl (C=O) groups is 1. The number of carboxylic acids is 1. The van der Waals surface area contributed by atoms with Gasteiger partial charge in [-0.3, -0.25) is 0 Å². The zero-order valence-electron chi connectivity index (χ0n) is 17.8. The van der Waals surface area contributed by atoms with Crippen LogP contribution in [0.15, 0.2) is 84.9 Å². The molecule has 0 radical (unpaired) electrons. The van der Waals surface area contributed by atoms with Gasteiger partial charge in [-0.2, -0.15) is 0 Å². The van der Waals surface area contributed by atoms with Gasteiger partial charge >= 0.3 is 5.97 Å². The second-order valence-corrected chi connectivity index (χ2v) is 8.03. The minimum absolute atomic E-state index is 0.276. The highest BCUT2D eigenvalue weighted by Gasteiger charge is 2.22. The molecule has 0 unspecified atom stereocenters. The van der Waals surface area contributed by atoms with E-state index in [0.29, 0.717) is 18.8 Å². The fourth-order valence-corrected chi connectivity index (χ4v) is 4.14. The highest BCUT2D eigenvalue weighted by atomic mass is 16.4. The van der Waals surface area contributed by atoms with Crippen LogP contribution in [0.1, 0.15) is 40.5 Å². The highest BCUT2D eigenvalue weighted by molar-refractivity contribution is 5.98. The second-order valence-electron chi connectivity index (χ2n) is 8.03. The van der Waals surface area contributed by atoms with E-state index < -0.39 is 5.97 Å². The van der Waals surface area contributed by atoms with E-state index in [1.165, 1.54) is 5.56 Å². The first-order valence-electron chi connectivity index (χ1n) is 10.8. The van der Waals surface area contributed by atoms with Crippen molar-refractivity contribution in [3.63, 3.8) is 0 Å². The van der Waals surface area contributed by atoms with Gasteiger partial charge in [0.1, 0.15) is 5.69 Å². The lowest BCUT2D eigenvalue weighted by Gasteiger charge is -2.14. The molecule has 1 heterocycles. The van der Waals surface area contributed by atoms with Gasteiger partial charge < -0.3 is 15.0 Å². The summed E-state index contributed by atoms with van der Waals surface area (Å²) in [4.78, 5) is 12.3. The van der Waals surface area contributed by atoms with Crippen LogP contribution in [0.25, 0.3) is 10.9 Å². The molecule has 0 aliphatic rings. The van der Waals surface area contributed by atoms with Gasteiger partial charge in [-0.1, -0.05) is 78.9 Å². The minimum atomic E-state index is -0.888. The van der Waals surface area contributed by atoms with E-state index >= 15 is 0 Å². The Kier molecular flexibility index (Phi) is 6.48. The molecule has 4 heteroatoms. The maximum atomic E-state index is 12.3. The maximum Gasteiger partial charge on any atom is 0.352 e. The van der Waals surface area contributed by atoms with E-state index in [0.717, 1.165) is 34.9 Å². The first-order valence-corrected chi connectivity index (χ1v) is 10.8. The Hall–Kier alpha value is -3.37. The number of benzene rings is 3. The molecule has 4 rings (SSSR count). The van der Waals surface area contributed by atoms with Crippen LogP contribution < -0.4 is 5.32 Å². The summed E-state index contributed by atoms with van der Waals surface area (Å²) in [6.07, 6.45) is 1.99. The number of carboxylic acid groups (broad SMARTS) is 1. The van der Waals surface area contributed by atoms with E-state index in [4.69, 9.17) is 0 Å². The van der Waals surface area contributed by atoms with Crippen molar-refractivity contribution in [3.05, 3.63) is 107 Å². The standard InChI is InChI=1S/C27H28N2O2/c1-20(16-17-21-10-4-2-5-11-21)28-18-24-23-14-8-9-15-25(23)29(26(24)27(30)31)19-22-12-6-3-7-13-22/h2-15,20,28H,16-19H2,1H3,(H,30,31)/t20-/m1/s1. The molecule has 31 heavy (non-hydrogen) atoms. The number of aryl methyl sites for hydroxylation is 1. The number of rotatable bonds is 9. The molecule has 1 atom stereocenters. The van der Waals surface area contributed by atoms with Gasteiger partial charge in [0.05, 0.1) is 0 Å². The van der Waals surface area contributed by atoms with Crippen molar-refractivity contribution in [2.75, 3.05) is 0 Å².